The van der Waals surface area contributed by atoms with Crippen molar-refractivity contribution in [2.75, 3.05) is 31.1 Å². The molecular formula is C27H26ClFN4OS2. The van der Waals surface area contributed by atoms with E-state index in [0.29, 0.717) is 29.3 Å². The van der Waals surface area contributed by atoms with Crippen molar-refractivity contribution >= 4 is 67.2 Å². The summed E-state index contributed by atoms with van der Waals surface area (Å²) >= 11 is 2.93. The molecule has 36 heavy (non-hydrogen) atoms. The Labute approximate surface area is 223 Å². The summed E-state index contributed by atoms with van der Waals surface area (Å²) in [6.45, 7) is 7.20. The van der Waals surface area contributed by atoms with E-state index < -0.39 is 0 Å². The minimum Gasteiger partial charge on any atom is -0.302 e. The number of para-hydroxylation sites is 1. The molecule has 2 aromatic carbocycles. The number of thiophene rings is 1. The molecule has 0 aliphatic rings. The van der Waals surface area contributed by atoms with E-state index in [1.807, 2.05) is 47.8 Å². The first kappa shape index (κ1) is 26.2. The SMILES string of the molecule is CCN(CC)CCN(C(=O)c1cc(-c2cccs2)nc2ccccc12)c1nc2ccc(F)cc2s1.Cl. The summed E-state index contributed by atoms with van der Waals surface area (Å²) in [7, 11) is 0. The summed E-state index contributed by atoms with van der Waals surface area (Å²) < 4.78 is 14.6. The van der Waals surface area contributed by atoms with Crippen molar-refractivity contribution in [3.8, 4) is 10.6 Å². The van der Waals surface area contributed by atoms with E-state index in [4.69, 9.17) is 9.97 Å². The van der Waals surface area contributed by atoms with E-state index in [9.17, 15) is 9.18 Å². The molecule has 0 atom stereocenters. The predicted octanol–water partition coefficient (Wildman–Crippen LogP) is 7.12. The number of thiazole rings is 1. The molecule has 0 radical (unpaired) electrons. The molecule has 3 aromatic heterocycles. The number of carbonyl (C=O) groups is 1. The Balaban J connectivity index is 0.00000304. The molecule has 0 spiro atoms. The third-order valence-corrected chi connectivity index (χ3v) is 8.00. The number of carbonyl (C=O) groups excluding carboxylic acids is 1. The zero-order valence-electron chi connectivity index (χ0n) is 20.0. The third kappa shape index (κ3) is 5.27. The minimum atomic E-state index is -0.311. The quantitative estimate of drug-likeness (QED) is 0.210. The van der Waals surface area contributed by atoms with Gasteiger partial charge in [0.25, 0.3) is 5.91 Å². The first-order valence-corrected chi connectivity index (χ1v) is 13.3. The molecule has 0 bridgehead atoms. The van der Waals surface area contributed by atoms with Crippen LogP contribution in [0.5, 0.6) is 0 Å². The van der Waals surface area contributed by atoms with E-state index in [-0.39, 0.29) is 24.1 Å². The molecule has 0 saturated carbocycles. The number of amides is 1. The van der Waals surface area contributed by atoms with Crippen LogP contribution in [0.2, 0.25) is 0 Å². The molecule has 5 aromatic rings. The maximum atomic E-state index is 14.2. The fourth-order valence-corrected chi connectivity index (χ4v) is 5.82. The van der Waals surface area contributed by atoms with Crippen LogP contribution < -0.4 is 4.90 Å². The lowest BCUT2D eigenvalue weighted by atomic mass is 10.1. The summed E-state index contributed by atoms with van der Waals surface area (Å²) in [5.74, 6) is -0.442. The molecule has 1 amide bonds. The highest BCUT2D eigenvalue weighted by atomic mass is 35.5. The van der Waals surface area contributed by atoms with Gasteiger partial charge in [0.05, 0.1) is 31.9 Å². The third-order valence-electron chi connectivity index (χ3n) is 6.07. The van der Waals surface area contributed by atoms with Gasteiger partial charge in [0.1, 0.15) is 5.82 Å². The fourth-order valence-electron chi connectivity index (χ4n) is 4.12. The van der Waals surface area contributed by atoms with Gasteiger partial charge in [-0.2, -0.15) is 0 Å². The minimum absolute atomic E-state index is 0. The molecular weight excluding hydrogens is 515 g/mol. The monoisotopic (exact) mass is 540 g/mol. The summed E-state index contributed by atoms with van der Waals surface area (Å²) in [6, 6.07) is 18.1. The van der Waals surface area contributed by atoms with Crippen LogP contribution in [0.1, 0.15) is 24.2 Å². The van der Waals surface area contributed by atoms with Gasteiger partial charge in [-0.25, -0.2) is 14.4 Å². The Morgan fingerprint density at radius 3 is 2.50 bits per heavy atom. The Bertz CT molecular complexity index is 1480. The van der Waals surface area contributed by atoms with E-state index >= 15 is 0 Å². The van der Waals surface area contributed by atoms with Crippen molar-refractivity contribution in [3.63, 3.8) is 0 Å². The molecule has 0 fully saturated rings. The van der Waals surface area contributed by atoms with Gasteiger partial charge in [0, 0.05) is 18.5 Å². The van der Waals surface area contributed by atoms with Crippen molar-refractivity contribution in [2.45, 2.75) is 13.8 Å². The van der Waals surface area contributed by atoms with Crippen LogP contribution >= 0.6 is 35.1 Å². The highest BCUT2D eigenvalue weighted by Crippen LogP contribution is 2.33. The second-order valence-electron chi connectivity index (χ2n) is 8.14. The van der Waals surface area contributed by atoms with E-state index in [1.165, 1.54) is 23.5 Å². The van der Waals surface area contributed by atoms with E-state index in [1.54, 1.807) is 22.3 Å². The van der Waals surface area contributed by atoms with Crippen molar-refractivity contribution in [1.82, 2.24) is 14.9 Å². The van der Waals surface area contributed by atoms with Crippen LogP contribution in [0.3, 0.4) is 0 Å². The van der Waals surface area contributed by atoms with Gasteiger partial charge < -0.3 is 4.90 Å². The predicted molar refractivity (Wildman–Crippen MR) is 151 cm³/mol. The van der Waals surface area contributed by atoms with Crippen LogP contribution in [0.4, 0.5) is 9.52 Å². The molecule has 0 aliphatic heterocycles. The highest BCUT2D eigenvalue weighted by molar-refractivity contribution is 7.22. The number of benzene rings is 2. The van der Waals surface area contributed by atoms with Crippen LogP contribution in [-0.4, -0.2) is 47.0 Å². The molecule has 0 unspecified atom stereocenters. The first-order chi connectivity index (χ1) is 17.1. The second-order valence-corrected chi connectivity index (χ2v) is 10.1. The van der Waals surface area contributed by atoms with Gasteiger partial charge in [0.15, 0.2) is 5.13 Å². The summed E-state index contributed by atoms with van der Waals surface area (Å²) in [5, 5.41) is 3.38. The number of rotatable bonds is 8. The smallest absolute Gasteiger partial charge is 0.260 e. The van der Waals surface area contributed by atoms with Gasteiger partial charge in [0.2, 0.25) is 0 Å². The topological polar surface area (TPSA) is 49.3 Å². The number of fused-ring (bicyclic) bond motifs is 2. The number of hydrogen-bond donors (Lipinski definition) is 0. The standard InChI is InChI=1S/C27H25FN4OS2.ClH/c1-3-31(4-2)13-14-32(27-30-22-12-11-18(28)16-25(22)35-27)26(33)20-17-23(24-10-7-15-34-24)29-21-9-6-5-8-19(20)21;/h5-12,15-17H,3-4,13-14H2,1-2H3;1H. The fraction of sp³-hybridized carbons (Fsp3) is 0.222. The van der Waals surface area contributed by atoms with Gasteiger partial charge in [-0.1, -0.05) is 49.4 Å². The summed E-state index contributed by atoms with van der Waals surface area (Å²) in [5.41, 5.74) is 2.82. The number of aromatic nitrogens is 2. The van der Waals surface area contributed by atoms with Crippen molar-refractivity contribution in [2.24, 2.45) is 0 Å². The number of halogens is 2. The number of anilines is 1. The van der Waals surface area contributed by atoms with Gasteiger partial charge in [-0.15, -0.1) is 23.7 Å². The Hall–Kier alpha value is -2.91. The lowest BCUT2D eigenvalue weighted by Gasteiger charge is -2.25. The average molecular weight is 541 g/mol. The average Bonchev–Trinajstić information content (AvgIpc) is 3.56. The number of nitrogens with zero attached hydrogens (tertiary/aromatic N) is 4. The molecule has 9 heteroatoms. The maximum absolute atomic E-state index is 14.2. The number of hydrogen-bond acceptors (Lipinski definition) is 6. The van der Waals surface area contributed by atoms with Crippen molar-refractivity contribution in [1.29, 1.82) is 0 Å². The van der Waals surface area contributed by atoms with Crippen molar-refractivity contribution < 1.29 is 9.18 Å². The molecule has 5 rings (SSSR count). The van der Waals surface area contributed by atoms with Crippen LogP contribution in [0, 0.1) is 5.82 Å². The maximum Gasteiger partial charge on any atom is 0.260 e. The van der Waals surface area contributed by atoms with Crippen LogP contribution in [0.15, 0.2) is 66.0 Å². The first-order valence-electron chi connectivity index (χ1n) is 11.6. The number of likely N-dealkylation sites (N-methyl/N-ethyl adjacent to an activating group) is 1. The lowest BCUT2D eigenvalue weighted by molar-refractivity contribution is 0.0985. The molecule has 3 heterocycles. The van der Waals surface area contributed by atoms with E-state index in [2.05, 4.69) is 18.7 Å². The highest BCUT2D eigenvalue weighted by Gasteiger charge is 2.25. The molecule has 0 N–H and O–H groups in total. The Morgan fingerprint density at radius 1 is 0.944 bits per heavy atom. The van der Waals surface area contributed by atoms with Gasteiger partial charge in [-0.3, -0.25) is 9.69 Å². The van der Waals surface area contributed by atoms with Crippen LogP contribution in [-0.2, 0) is 0 Å². The number of pyridine rings is 1. The molecule has 0 aliphatic carbocycles. The largest absolute Gasteiger partial charge is 0.302 e. The van der Waals surface area contributed by atoms with Gasteiger partial charge in [-0.05, 0) is 54.9 Å². The Kier molecular flexibility index (Phi) is 8.31. The molecule has 0 saturated heterocycles. The molecule has 186 valence electrons. The van der Waals surface area contributed by atoms with Gasteiger partial charge >= 0.3 is 0 Å². The lowest BCUT2D eigenvalue weighted by Crippen LogP contribution is -2.39. The van der Waals surface area contributed by atoms with Crippen LogP contribution in [0.25, 0.3) is 31.7 Å². The summed E-state index contributed by atoms with van der Waals surface area (Å²) in [4.78, 5) is 28.7. The molecule has 5 nitrogen and oxygen atoms in total. The zero-order valence-corrected chi connectivity index (χ0v) is 22.4. The normalized spacial score (nSPS) is 11.2. The van der Waals surface area contributed by atoms with Crippen molar-refractivity contribution in [3.05, 3.63) is 77.4 Å². The second kappa shape index (κ2) is 11.4. The zero-order chi connectivity index (χ0) is 24.4. The summed E-state index contributed by atoms with van der Waals surface area (Å²) in [6.07, 6.45) is 0. The Morgan fingerprint density at radius 2 is 1.75 bits per heavy atom. The van der Waals surface area contributed by atoms with E-state index in [0.717, 1.165) is 39.3 Å².